The number of pyridine rings is 2. The molecule has 2 aromatic heterocycles. The Labute approximate surface area is 558 Å². The van der Waals surface area contributed by atoms with Gasteiger partial charge in [-0.1, -0.05) is 72.5 Å². The second kappa shape index (κ2) is 31.2. The van der Waals surface area contributed by atoms with E-state index in [1.807, 2.05) is 77.7 Å². The molecule has 8 heterocycles. The number of nitrogens with zero attached hydrogens (tertiary/aromatic N) is 7. The van der Waals surface area contributed by atoms with Gasteiger partial charge in [-0.25, -0.2) is 9.97 Å². The molecule has 6 aliphatic rings. The predicted molar refractivity (Wildman–Crippen MR) is 346 cm³/mol. The van der Waals surface area contributed by atoms with Gasteiger partial charge in [-0.2, -0.15) is 26.3 Å². The number of alkyl halides is 6. The van der Waals surface area contributed by atoms with Crippen molar-refractivity contribution in [2.75, 3.05) is 72.6 Å². The molecule has 12 rings (SSSR count). The van der Waals surface area contributed by atoms with E-state index in [0.29, 0.717) is 72.7 Å². The van der Waals surface area contributed by atoms with Gasteiger partial charge in [0.1, 0.15) is 11.6 Å². The van der Waals surface area contributed by atoms with E-state index in [9.17, 15) is 55.6 Å². The number of aryl methyl sites for hydroxylation is 2. The number of halogens is 6. The molecular weight excluding hydrogens is 1210 g/mol. The molecule has 4 saturated heterocycles. The van der Waals surface area contributed by atoms with Crippen molar-refractivity contribution < 1.29 is 79.9 Å². The molecule has 4 fully saturated rings. The van der Waals surface area contributed by atoms with Crippen LogP contribution in [0.25, 0.3) is 0 Å². The number of carbonyl (C=O) groups excluding carboxylic acids is 4. The summed E-state index contributed by atoms with van der Waals surface area (Å²) in [6.07, 6.45) is 2.39. The summed E-state index contributed by atoms with van der Waals surface area (Å²) in [7, 11) is -1.30. The maximum Gasteiger partial charge on any atom is 1.00 e. The number of anilines is 4. The molecular formula is C68H80B2F6LiN10O7-. The van der Waals surface area contributed by atoms with Crippen LogP contribution in [-0.2, 0) is 68.5 Å². The van der Waals surface area contributed by atoms with Crippen molar-refractivity contribution in [2.24, 2.45) is 11.8 Å². The SMILES string of the molecule is CB(O)Nc1cc(CN2CCC(C(=O)N3CCC4(CC3)C(=O)N(Cc3cc(C)cc(C(F)(F)F)c3)c3ccccc34)CC2)ccn1.CB(O)Nc1cc(CN2CCC([C-]=O)CC2)ccn1.Cc1cc(CN2C(=O)C3(CCNCC3)c3ccccc32)cc(C(F)(F)F)c1.[Li+].[OH-]. The Hall–Kier alpha value is -7.07. The third kappa shape index (κ3) is 17.1. The van der Waals surface area contributed by atoms with Gasteiger partial charge < -0.3 is 50.8 Å². The molecule has 6 aliphatic heterocycles. The van der Waals surface area contributed by atoms with Gasteiger partial charge in [0.2, 0.25) is 17.7 Å². The summed E-state index contributed by atoms with van der Waals surface area (Å²) >= 11 is 0. The molecule has 3 amide bonds. The molecule has 494 valence electrons. The minimum absolute atomic E-state index is 0. The number of rotatable bonds is 14. The van der Waals surface area contributed by atoms with Crippen LogP contribution in [0.1, 0.15) is 107 Å². The zero-order valence-electron chi connectivity index (χ0n) is 53.9. The van der Waals surface area contributed by atoms with Crippen LogP contribution in [0.4, 0.5) is 49.4 Å². The van der Waals surface area contributed by atoms with Gasteiger partial charge in [0.25, 0.3) is 0 Å². The van der Waals surface area contributed by atoms with Gasteiger partial charge in [-0.15, -0.1) is 5.92 Å². The second-order valence-electron chi connectivity index (χ2n) is 25.4. The van der Waals surface area contributed by atoms with E-state index in [1.165, 1.54) is 0 Å². The number of benzene rings is 4. The molecule has 0 aliphatic carbocycles. The topological polar surface area (TPSA) is 217 Å². The number of para-hydroxylation sites is 2. The van der Waals surface area contributed by atoms with Crippen LogP contribution in [0.2, 0.25) is 13.6 Å². The van der Waals surface area contributed by atoms with E-state index in [-0.39, 0.29) is 67.0 Å². The summed E-state index contributed by atoms with van der Waals surface area (Å²) in [6, 6.07) is 31.0. The Kier molecular flexibility index (Phi) is 24.2. The fourth-order valence-corrected chi connectivity index (χ4v) is 14.1. The predicted octanol–water partition coefficient (Wildman–Crippen LogP) is 7.18. The van der Waals surface area contributed by atoms with Crippen molar-refractivity contribution in [1.82, 2.24) is 30.0 Å². The average Bonchev–Trinajstić information content (AvgIpc) is 1.57. The van der Waals surface area contributed by atoms with Gasteiger partial charge in [0, 0.05) is 55.9 Å². The van der Waals surface area contributed by atoms with Crippen molar-refractivity contribution in [3.8, 4) is 0 Å². The number of amides is 3. The standard InChI is InChI=1S/C34H39BF3N5O3.C21H21F3N2O.C13H19BN3O2.Li.H2O/c1-23-17-25(19-27(18-23)34(36,37)38)22-43-29-6-4-3-5-28(29)33(32(43)45)10-15-42(16-11-33)31(44)26-8-13-41(14-9-26)21-24-7-12-39-30(20-24)40-35(2)46;1-14-10-15(12-16(11-14)21(22,23)24)13-26-18-5-3-2-4-17(18)20(19(26)27)6-8-25-9-7-20;1-14(19)16-13-8-12(2-5-15-13)9-17-6-3-11(10-18)4-7-17;;/h3-7,12,17-20,26,46H,8-11,13-16,21-22H2,1-2H3,(H,39,40);2-5,10-12,25H,6-9,13H2,1H3;2,5,8,11,19H,3-4,6-7,9H2,1H3,(H,15,16);;1H2/q;;-1;+1;/p-1. The van der Waals surface area contributed by atoms with Gasteiger partial charge in [-0.3, -0.25) is 30.5 Å². The van der Waals surface area contributed by atoms with Gasteiger partial charge in [-0.05, 0) is 199 Å². The first-order chi connectivity index (χ1) is 43.9. The Balaban J connectivity index is 0.000000199. The van der Waals surface area contributed by atoms with E-state index in [1.54, 1.807) is 61.8 Å². The minimum atomic E-state index is -4.47. The maximum absolute atomic E-state index is 14.1. The van der Waals surface area contributed by atoms with E-state index in [2.05, 4.69) is 41.8 Å². The molecule has 0 atom stereocenters. The van der Waals surface area contributed by atoms with Crippen molar-refractivity contribution >= 4 is 61.1 Å². The molecule has 94 heavy (non-hydrogen) atoms. The molecule has 0 bridgehead atoms. The molecule has 4 aromatic carbocycles. The summed E-state index contributed by atoms with van der Waals surface area (Å²) in [5, 5.41) is 27.9. The van der Waals surface area contributed by atoms with Crippen LogP contribution in [0, 0.1) is 25.7 Å². The summed E-state index contributed by atoms with van der Waals surface area (Å²) < 4.78 is 80.1. The fraction of sp³-hybridized carbons (Fsp3) is 0.441. The summed E-state index contributed by atoms with van der Waals surface area (Å²) in [4.78, 5) is 70.0. The molecule has 0 radical (unpaired) electrons. The average molecular weight is 1290 g/mol. The maximum atomic E-state index is 14.1. The van der Waals surface area contributed by atoms with Gasteiger partial charge in [0.05, 0.1) is 35.0 Å². The number of fused-ring (bicyclic) bond motifs is 4. The first kappa shape index (κ1) is 72.8. The quantitative estimate of drug-likeness (QED) is 0.0415. The van der Waals surface area contributed by atoms with Crippen LogP contribution in [0.5, 0.6) is 0 Å². The Morgan fingerprint density at radius 2 is 1.01 bits per heavy atom. The van der Waals surface area contributed by atoms with Crippen LogP contribution in [0.15, 0.2) is 122 Å². The van der Waals surface area contributed by atoms with Crippen molar-refractivity contribution in [3.63, 3.8) is 0 Å². The van der Waals surface area contributed by atoms with Crippen LogP contribution in [-0.4, -0.2) is 131 Å². The zero-order chi connectivity index (χ0) is 65.5. The molecule has 6 aromatic rings. The third-order valence-corrected chi connectivity index (χ3v) is 18.6. The number of nitrogens with one attached hydrogen (secondary N) is 3. The first-order valence-corrected chi connectivity index (χ1v) is 31.7. The third-order valence-electron chi connectivity index (χ3n) is 18.6. The Bertz CT molecular complexity index is 3600. The van der Waals surface area contributed by atoms with Crippen LogP contribution in [0.3, 0.4) is 0 Å². The minimum Gasteiger partial charge on any atom is -0.870 e. The number of piperidine rings is 4. The molecule has 0 saturated carbocycles. The molecule has 26 heteroatoms. The number of likely N-dealkylation sites (tertiary alicyclic amines) is 3. The van der Waals surface area contributed by atoms with Crippen molar-refractivity contribution in [2.45, 2.75) is 128 Å². The van der Waals surface area contributed by atoms with Crippen LogP contribution < -0.4 is 44.4 Å². The van der Waals surface area contributed by atoms with Gasteiger partial charge >= 0.3 is 45.3 Å². The summed E-state index contributed by atoms with van der Waals surface area (Å²) in [5.41, 5.74) is 4.92. The normalized spacial score (nSPS) is 18.0. The van der Waals surface area contributed by atoms with Gasteiger partial charge in [0.15, 0.2) is 0 Å². The second-order valence-corrected chi connectivity index (χ2v) is 25.4. The molecule has 2 spiro atoms. The zero-order valence-corrected chi connectivity index (χ0v) is 53.9. The van der Waals surface area contributed by atoms with E-state index in [0.717, 1.165) is 136 Å². The number of hydrogen-bond acceptors (Lipinski definition) is 14. The first-order valence-electron chi connectivity index (χ1n) is 31.7. The van der Waals surface area contributed by atoms with Crippen molar-refractivity contribution in [3.05, 3.63) is 177 Å². The summed E-state index contributed by atoms with van der Waals surface area (Å²) in [6.45, 7) is 14.3. The molecule has 0 unspecified atom stereocenters. The monoisotopic (exact) mass is 1290 g/mol. The largest absolute Gasteiger partial charge is 1.00 e. The Morgan fingerprint density at radius 1 is 0.596 bits per heavy atom. The van der Waals surface area contributed by atoms with Crippen LogP contribution >= 0.6 is 0 Å². The number of aromatic nitrogens is 2. The summed E-state index contributed by atoms with van der Waals surface area (Å²) in [5.74, 6) is 1.38. The van der Waals surface area contributed by atoms with E-state index < -0.39 is 48.4 Å². The molecule has 17 nitrogen and oxygen atoms in total. The van der Waals surface area contributed by atoms with E-state index >= 15 is 0 Å². The number of carbonyl (C=O) groups is 3. The smallest absolute Gasteiger partial charge is 0.870 e. The van der Waals surface area contributed by atoms with E-state index in [4.69, 9.17) is 0 Å². The Morgan fingerprint density at radius 3 is 1.43 bits per heavy atom. The number of hydrogen-bond donors (Lipinski definition) is 5. The fourth-order valence-electron chi connectivity index (χ4n) is 14.1. The van der Waals surface area contributed by atoms with Crippen molar-refractivity contribution in [1.29, 1.82) is 0 Å². The molecule has 6 N–H and O–H groups in total.